The minimum Gasteiger partial charge on any atom is -0.333 e. The molecule has 3 rings (SSSR count). The molecule has 0 unspecified atom stereocenters. The number of fused-ring (bicyclic) bond motifs is 1. The molecule has 2 aromatic heterocycles. The Kier molecular flexibility index (Phi) is 4.16. The Morgan fingerprint density at radius 3 is 2.92 bits per heavy atom. The van der Waals surface area contributed by atoms with E-state index in [2.05, 4.69) is 21.6 Å². The van der Waals surface area contributed by atoms with Crippen LogP contribution in [0, 0.1) is 21.4 Å². The summed E-state index contributed by atoms with van der Waals surface area (Å²) in [6.07, 6.45) is 4.64. The van der Waals surface area contributed by atoms with Crippen molar-refractivity contribution in [2.45, 2.75) is 6.54 Å². The molecule has 0 fully saturated rings. The molecule has 8 nitrogen and oxygen atoms in total. The fourth-order valence-electron chi connectivity index (χ4n) is 2.31. The van der Waals surface area contributed by atoms with E-state index in [9.17, 15) is 10.1 Å². The standard InChI is InChI=1S/C16H12N6O2/c17-7-8-21-11-12(14-3-1-2-4-15(14)21)9-19-20-16-6-5-13(10-18-16)22(23)24/h1-6,9-11H,8H2,(H,18,20). The predicted molar refractivity (Wildman–Crippen MR) is 89.7 cm³/mol. The number of hydrogen-bond acceptors (Lipinski definition) is 6. The van der Waals surface area contributed by atoms with Crippen molar-refractivity contribution in [3.63, 3.8) is 0 Å². The number of hydrogen-bond donors (Lipinski definition) is 1. The first kappa shape index (κ1) is 15.2. The molecule has 0 radical (unpaired) electrons. The van der Waals surface area contributed by atoms with Crippen molar-refractivity contribution in [3.8, 4) is 6.07 Å². The second-order valence-corrected chi connectivity index (χ2v) is 4.92. The van der Waals surface area contributed by atoms with Gasteiger partial charge in [-0.3, -0.25) is 15.5 Å². The molecule has 0 amide bonds. The average Bonchev–Trinajstić information content (AvgIpc) is 2.94. The van der Waals surface area contributed by atoms with Gasteiger partial charge in [0.1, 0.15) is 18.6 Å². The fourth-order valence-corrected chi connectivity index (χ4v) is 2.31. The van der Waals surface area contributed by atoms with E-state index in [1.807, 2.05) is 35.0 Å². The van der Waals surface area contributed by atoms with Crippen LogP contribution in [-0.4, -0.2) is 20.7 Å². The Labute approximate surface area is 136 Å². The van der Waals surface area contributed by atoms with E-state index in [1.54, 1.807) is 6.21 Å². The zero-order valence-electron chi connectivity index (χ0n) is 12.5. The van der Waals surface area contributed by atoms with E-state index in [1.165, 1.54) is 12.1 Å². The van der Waals surface area contributed by atoms with Crippen LogP contribution in [0.4, 0.5) is 11.5 Å². The molecule has 0 aliphatic rings. The molecular formula is C16H12N6O2. The monoisotopic (exact) mass is 320 g/mol. The van der Waals surface area contributed by atoms with E-state index in [0.717, 1.165) is 22.7 Å². The summed E-state index contributed by atoms with van der Waals surface area (Å²) in [5.41, 5.74) is 4.46. The van der Waals surface area contributed by atoms with Crippen LogP contribution in [0.3, 0.4) is 0 Å². The number of rotatable bonds is 5. The zero-order valence-corrected chi connectivity index (χ0v) is 12.5. The van der Waals surface area contributed by atoms with Gasteiger partial charge in [-0.15, -0.1) is 0 Å². The molecule has 0 saturated carbocycles. The van der Waals surface area contributed by atoms with E-state index in [4.69, 9.17) is 5.26 Å². The maximum Gasteiger partial charge on any atom is 0.287 e. The Balaban J connectivity index is 1.80. The maximum atomic E-state index is 10.6. The summed E-state index contributed by atoms with van der Waals surface area (Å²) in [5.74, 6) is 0.401. The predicted octanol–water partition coefficient (Wildman–Crippen LogP) is 2.91. The van der Waals surface area contributed by atoms with E-state index in [-0.39, 0.29) is 12.2 Å². The molecular weight excluding hydrogens is 308 g/mol. The van der Waals surface area contributed by atoms with Crippen LogP contribution >= 0.6 is 0 Å². The summed E-state index contributed by atoms with van der Waals surface area (Å²) < 4.78 is 1.85. The third kappa shape index (κ3) is 3.05. The van der Waals surface area contributed by atoms with Crippen LogP contribution in [0.1, 0.15) is 5.56 Å². The number of hydrazone groups is 1. The smallest absolute Gasteiger partial charge is 0.287 e. The summed E-state index contributed by atoms with van der Waals surface area (Å²) in [5, 5.41) is 24.6. The number of pyridine rings is 1. The van der Waals surface area contributed by atoms with Crippen LogP contribution in [0.2, 0.25) is 0 Å². The van der Waals surface area contributed by atoms with Gasteiger partial charge in [-0.05, 0) is 12.1 Å². The molecule has 24 heavy (non-hydrogen) atoms. The molecule has 0 bridgehead atoms. The second-order valence-electron chi connectivity index (χ2n) is 4.92. The number of aromatic nitrogens is 2. The molecule has 0 spiro atoms. The lowest BCUT2D eigenvalue weighted by atomic mass is 10.2. The summed E-state index contributed by atoms with van der Waals surface area (Å²) in [4.78, 5) is 14.0. The van der Waals surface area contributed by atoms with Gasteiger partial charge in [0.15, 0.2) is 0 Å². The average molecular weight is 320 g/mol. The molecule has 2 heterocycles. The summed E-state index contributed by atoms with van der Waals surface area (Å²) >= 11 is 0. The lowest BCUT2D eigenvalue weighted by Gasteiger charge is -1.97. The van der Waals surface area contributed by atoms with Crippen LogP contribution < -0.4 is 5.43 Å². The van der Waals surface area contributed by atoms with Gasteiger partial charge in [-0.2, -0.15) is 10.4 Å². The van der Waals surface area contributed by atoms with Crippen LogP contribution in [0.25, 0.3) is 10.9 Å². The molecule has 118 valence electrons. The minimum absolute atomic E-state index is 0.0795. The lowest BCUT2D eigenvalue weighted by Crippen LogP contribution is -1.95. The lowest BCUT2D eigenvalue weighted by molar-refractivity contribution is -0.385. The van der Waals surface area contributed by atoms with Crippen molar-refractivity contribution in [2.24, 2.45) is 5.10 Å². The maximum absolute atomic E-state index is 10.6. The molecule has 0 aliphatic carbocycles. The number of benzene rings is 1. The van der Waals surface area contributed by atoms with Gasteiger partial charge in [0, 0.05) is 28.7 Å². The zero-order chi connectivity index (χ0) is 16.9. The highest BCUT2D eigenvalue weighted by molar-refractivity contribution is 5.99. The highest BCUT2D eigenvalue weighted by Crippen LogP contribution is 2.20. The Morgan fingerprint density at radius 2 is 2.21 bits per heavy atom. The van der Waals surface area contributed by atoms with Gasteiger partial charge in [0.05, 0.1) is 17.2 Å². The number of nitriles is 1. The van der Waals surface area contributed by atoms with Crippen LogP contribution in [0.15, 0.2) is 53.9 Å². The quantitative estimate of drug-likeness (QED) is 0.441. The normalized spacial score (nSPS) is 10.8. The van der Waals surface area contributed by atoms with Gasteiger partial charge in [-0.1, -0.05) is 18.2 Å². The van der Waals surface area contributed by atoms with Crippen molar-refractivity contribution in [2.75, 3.05) is 5.43 Å². The van der Waals surface area contributed by atoms with Gasteiger partial charge >= 0.3 is 0 Å². The summed E-state index contributed by atoms with van der Waals surface area (Å²) in [7, 11) is 0. The van der Waals surface area contributed by atoms with Crippen molar-refractivity contribution in [1.29, 1.82) is 5.26 Å². The number of nitro groups is 1. The molecule has 0 aliphatic heterocycles. The molecule has 1 aromatic carbocycles. The molecule has 3 aromatic rings. The third-order valence-electron chi connectivity index (χ3n) is 3.40. The first-order chi connectivity index (χ1) is 11.7. The van der Waals surface area contributed by atoms with E-state index < -0.39 is 4.92 Å². The van der Waals surface area contributed by atoms with E-state index in [0.29, 0.717) is 5.82 Å². The Hall–Kier alpha value is -3.73. The Morgan fingerprint density at radius 1 is 1.38 bits per heavy atom. The van der Waals surface area contributed by atoms with Gasteiger partial charge in [-0.25, -0.2) is 4.98 Å². The first-order valence-corrected chi connectivity index (χ1v) is 7.03. The fraction of sp³-hybridized carbons (Fsp3) is 0.0625. The van der Waals surface area contributed by atoms with Crippen molar-refractivity contribution < 1.29 is 4.92 Å². The summed E-state index contributed by atoms with van der Waals surface area (Å²) in [6.45, 7) is 0.256. The van der Waals surface area contributed by atoms with Crippen molar-refractivity contribution in [3.05, 3.63) is 64.5 Å². The molecule has 8 heteroatoms. The minimum atomic E-state index is -0.510. The van der Waals surface area contributed by atoms with Crippen LogP contribution in [0.5, 0.6) is 0 Å². The molecule has 0 atom stereocenters. The van der Waals surface area contributed by atoms with E-state index >= 15 is 0 Å². The largest absolute Gasteiger partial charge is 0.333 e. The molecule has 0 saturated heterocycles. The summed E-state index contributed by atoms with van der Waals surface area (Å²) in [6, 6.07) is 12.7. The van der Waals surface area contributed by atoms with Gasteiger partial charge in [0.25, 0.3) is 5.69 Å². The van der Waals surface area contributed by atoms with Gasteiger partial charge < -0.3 is 4.57 Å². The third-order valence-corrected chi connectivity index (χ3v) is 3.40. The van der Waals surface area contributed by atoms with Gasteiger partial charge in [0.2, 0.25) is 0 Å². The highest BCUT2D eigenvalue weighted by Gasteiger charge is 2.06. The highest BCUT2D eigenvalue weighted by atomic mass is 16.6. The SMILES string of the molecule is N#CCn1cc(C=NNc2ccc([N+](=O)[O-])cn2)c2ccccc21. The number of nitrogens with one attached hydrogen (secondary N) is 1. The Bertz CT molecular complexity index is 953. The number of para-hydroxylation sites is 1. The van der Waals surface area contributed by atoms with Crippen molar-refractivity contribution in [1.82, 2.24) is 9.55 Å². The van der Waals surface area contributed by atoms with Crippen LogP contribution in [-0.2, 0) is 6.54 Å². The number of anilines is 1. The first-order valence-electron chi connectivity index (χ1n) is 7.03. The topological polar surface area (TPSA) is 109 Å². The molecule has 1 N–H and O–H groups in total. The second kappa shape index (κ2) is 6.58. The number of nitrogens with zero attached hydrogens (tertiary/aromatic N) is 5. The van der Waals surface area contributed by atoms with Crippen molar-refractivity contribution >= 4 is 28.6 Å².